The van der Waals surface area contributed by atoms with Crippen molar-refractivity contribution in [2.45, 2.75) is 0 Å². The number of halogens is 1. The summed E-state index contributed by atoms with van der Waals surface area (Å²) in [6, 6.07) is 28.7. The molecule has 0 heterocycles. The van der Waals surface area contributed by atoms with E-state index in [1.54, 1.807) is 0 Å². The molecule has 0 N–H and O–H groups in total. The average Bonchev–Trinajstić information content (AvgIpc) is 2.52. The second kappa shape index (κ2) is 7.63. The minimum absolute atomic E-state index is 0. The van der Waals surface area contributed by atoms with E-state index in [1.807, 2.05) is 30.3 Å². The predicted octanol–water partition coefficient (Wildman–Crippen LogP) is 5.36. The van der Waals surface area contributed by atoms with Gasteiger partial charge >= 0.3 is 0 Å². The van der Waals surface area contributed by atoms with Gasteiger partial charge in [-0.1, -0.05) is 108 Å². The molecule has 0 radical (unpaired) electrons. The van der Waals surface area contributed by atoms with Crippen molar-refractivity contribution in [3.8, 4) is 0 Å². The molecule has 0 bridgehead atoms. The third-order valence-electron chi connectivity index (χ3n) is 3.27. The molecule has 21 heavy (non-hydrogen) atoms. The summed E-state index contributed by atoms with van der Waals surface area (Å²) >= 11 is 6.40. The minimum atomic E-state index is 0. The monoisotopic (exact) mass is 457 g/mol. The second-order valence-electron chi connectivity index (χ2n) is 4.59. The Hall–Kier alpha value is -1.31. The van der Waals surface area contributed by atoms with E-state index in [2.05, 4.69) is 54.6 Å². The van der Waals surface area contributed by atoms with Crippen LogP contribution in [0.15, 0.2) is 84.9 Å². The second-order valence-corrected chi connectivity index (χ2v) is 4.99. The van der Waals surface area contributed by atoms with Crippen LogP contribution >= 0.6 is 11.6 Å². The summed E-state index contributed by atoms with van der Waals surface area (Å²) < 4.78 is 0. The van der Waals surface area contributed by atoms with Crippen LogP contribution in [0, 0.1) is 5.92 Å². The predicted molar refractivity (Wildman–Crippen MR) is 84.9 cm³/mol. The first-order chi connectivity index (χ1) is 9.86. The van der Waals surface area contributed by atoms with Crippen LogP contribution in [0.4, 0.5) is 0 Å². The molecule has 3 aromatic carbocycles. The van der Waals surface area contributed by atoms with Crippen molar-refractivity contribution in [1.82, 2.24) is 0 Å². The van der Waals surface area contributed by atoms with Gasteiger partial charge in [0.05, 0.1) is 0 Å². The van der Waals surface area contributed by atoms with Gasteiger partial charge in [0.15, 0.2) is 0 Å². The molecule has 2 heteroatoms. The van der Waals surface area contributed by atoms with Crippen LogP contribution in [-0.2, 0) is 25.8 Å². The van der Waals surface area contributed by atoms with Crippen LogP contribution < -0.4 is 0 Å². The van der Waals surface area contributed by atoms with E-state index >= 15 is 0 Å². The van der Waals surface area contributed by atoms with Crippen LogP contribution in [0.1, 0.15) is 16.7 Å². The zero-order valence-corrected chi connectivity index (χ0v) is 15.8. The number of rotatable bonds is 3. The Morgan fingerprint density at radius 1 is 0.571 bits per heavy atom. The standard InChI is InChI=1S/C19H14Cl.Hf/c20-18-14-8-7-13-17(18)19(15-9-3-1-4-10-15)16-11-5-2-6-12-16;/h1-14H;/q-1;. The Morgan fingerprint density at radius 3 is 1.48 bits per heavy atom. The molecule has 0 amide bonds. The normalized spacial score (nSPS) is 9.76. The number of hydrogen-bond donors (Lipinski definition) is 0. The largest absolute Gasteiger partial charge is 0.119 e. The fourth-order valence-corrected chi connectivity index (χ4v) is 2.58. The smallest absolute Gasteiger partial charge is 0.00182 e. The molecule has 0 unspecified atom stereocenters. The van der Waals surface area contributed by atoms with E-state index in [0.717, 1.165) is 16.5 Å². The van der Waals surface area contributed by atoms with Crippen molar-refractivity contribution in [2.75, 3.05) is 0 Å². The van der Waals surface area contributed by atoms with Gasteiger partial charge in [-0.15, -0.1) is 11.6 Å². The van der Waals surface area contributed by atoms with Gasteiger partial charge in [-0.2, -0.15) is 0 Å². The van der Waals surface area contributed by atoms with Crippen LogP contribution in [0.3, 0.4) is 0 Å². The van der Waals surface area contributed by atoms with Gasteiger partial charge in [-0.3, -0.25) is 0 Å². The summed E-state index contributed by atoms with van der Waals surface area (Å²) in [6.07, 6.45) is 0. The van der Waals surface area contributed by atoms with Gasteiger partial charge in [0, 0.05) is 30.9 Å². The Bertz CT molecular complexity index is 641. The van der Waals surface area contributed by atoms with Crippen molar-refractivity contribution in [3.63, 3.8) is 0 Å². The first kappa shape index (κ1) is 16.1. The average molecular weight is 456 g/mol. The molecular formula is C19H14ClHf-. The molecule has 3 rings (SSSR count). The van der Waals surface area contributed by atoms with Gasteiger partial charge < -0.3 is 0 Å². The molecule has 3 aromatic rings. The molecule has 0 spiro atoms. The fraction of sp³-hybridized carbons (Fsp3) is 0. The van der Waals surface area contributed by atoms with E-state index in [0.29, 0.717) is 0 Å². The summed E-state index contributed by atoms with van der Waals surface area (Å²) in [6.45, 7) is 0. The van der Waals surface area contributed by atoms with Crippen molar-refractivity contribution in [2.24, 2.45) is 0 Å². The summed E-state index contributed by atoms with van der Waals surface area (Å²) in [5, 5.41) is 0.773. The van der Waals surface area contributed by atoms with E-state index in [9.17, 15) is 0 Å². The minimum Gasteiger partial charge on any atom is -0.119 e. The Balaban J connectivity index is 0.00000161. The zero-order valence-electron chi connectivity index (χ0n) is 11.5. The maximum absolute atomic E-state index is 6.40. The summed E-state index contributed by atoms with van der Waals surface area (Å²) in [5.41, 5.74) is 3.41. The third kappa shape index (κ3) is 3.67. The Morgan fingerprint density at radius 2 is 1.00 bits per heavy atom. The summed E-state index contributed by atoms with van der Waals surface area (Å²) in [5.74, 6) is 1.16. The molecule has 0 aliphatic rings. The van der Waals surface area contributed by atoms with Gasteiger partial charge in [-0.25, -0.2) is 0 Å². The third-order valence-corrected chi connectivity index (χ3v) is 3.60. The molecule has 0 aromatic heterocycles. The van der Waals surface area contributed by atoms with Gasteiger partial charge in [0.25, 0.3) is 0 Å². The van der Waals surface area contributed by atoms with Crippen LogP contribution in [-0.4, -0.2) is 0 Å². The molecule has 0 saturated carbocycles. The molecule has 0 atom stereocenters. The first-order valence-electron chi connectivity index (χ1n) is 6.59. The van der Waals surface area contributed by atoms with Crippen molar-refractivity contribution in [3.05, 3.63) is 113 Å². The van der Waals surface area contributed by atoms with Gasteiger partial charge in [0.1, 0.15) is 0 Å². The Labute approximate surface area is 149 Å². The quantitative estimate of drug-likeness (QED) is 0.283. The van der Waals surface area contributed by atoms with Crippen molar-refractivity contribution < 1.29 is 25.8 Å². The number of hydrogen-bond acceptors (Lipinski definition) is 0. The van der Waals surface area contributed by atoms with E-state index < -0.39 is 0 Å². The van der Waals surface area contributed by atoms with Crippen molar-refractivity contribution in [1.29, 1.82) is 0 Å². The van der Waals surface area contributed by atoms with Crippen LogP contribution in [0.5, 0.6) is 0 Å². The SMILES string of the molecule is Clc1ccccc1[C-](c1ccccc1)c1ccccc1.[Hf]. The number of benzene rings is 3. The van der Waals surface area contributed by atoms with Crippen LogP contribution in [0.2, 0.25) is 5.02 Å². The summed E-state index contributed by atoms with van der Waals surface area (Å²) in [4.78, 5) is 0. The zero-order chi connectivity index (χ0) is 13.8. The van der Waals surface area contributed by atoms with E-state index in [1.165, 1.54) is 11.1 Å². The topological polar surface area (TPSA) is 0 Å². The van der Waals surface area contributed by atoms with E-state index in [-0.39, 0.29) is 25.8 Å². The molecule has 0 saturated heterocycles. The molecule has 0 nitrogen and oxygen atoms in total. The maximum atomic E-state index is 6.40. The van der Waals surface area contributed by atoms with Crippen molar-refractivity contribution >= 4 is 11.6 Å². The molecule has 0 fully saturated rings. The van der Waals surface area contributed by atoms with E-state index in [4.69, 9.17) is 11.6 Å². The van der Waals surface area contributed by atoms with Gasteiger partial charge in [-0.05, 0) is 0 Å². The maximum Gasteiger partial charge on any atom is 0.00182 e. The van der Waals surface area contributed by atoms with Gasteiger partial charge in [0.2, 0.25) is 0 Å². The fourth-order valence-electron chi connectivity index (χ4n) is 2.35. The first-order valence-corrected chi connectivity index (χ1v) is 6.97. The van der Waals surface area contributed by atoms with Crippen LogP contribution in [0.25, 0.3) is 0 Å². The Kier molecular flexibility index (Phi) is 5.84. The molecular weight excluding hydrogens is 442 g/mol. The molecule has 0 aliphatic heterocycles. The summed E-state index contributed by atoms with van der Waals surface area (Å²) in [7, 11) is 0. The molecule has 0 aliphatic carbocycles. The molecule has 102 valence electrons.